The number of fused-ring (bicyclic) bond motifs is 1. The van der Waals surface area contributed by atoms with Gasteiger partial charge in [0.05, 0.1) is 10.8 Å². The lowest BCUT2D eigenvalue weighted by Crippen LogP contribution is -2.49. The number of rotatable bonds is 2. The Balaban J connectivity index is 1.63. The van der Waals surface area contributed by atoms with Gasteiger partial charge in [0.2, 0.25) is 0 Å². The van der Waals surface area contributed by atoms with Crippen molar-refractivity contribution >= 4 is 22.4 Å². The van der Waals surface area contributed by atoms with Crippen molar-refractivity contribution in [2.45, 2.75) is 0 Å². The van der Waals surface area contributed by atoms with Gasteiger partial charge in [-0.15, -0.1) is 0 Å². The smallest absolute Gasteiger partial charge is 0.275 e. The zero-order chi connectivity index (χ0) is 19.0. The normalized spacial score (nSPS) is 14.6. The van der Waals surface area contributed by atoms with E-state index in [0.717, 1.165) is 10.4 Å². The van der Waals surface area contributed by atoms with Crippen LogP contribution in [0.3, 0.4) is 0 Å². The van der Waals surface area contributed by atoms with E-state index >= 15 is 0 Å². The number of piperazine rings is 1. The molecule has 3 aromatic rings. The maximum Gasteiger partial charge on any atom is 0.275 e. The van der Waals surface area contributed by atoms with Gasteiger partial charge in [0.15, 0.2) is 5.69 Å². The first kappa shape index (κ1) is 17.2. The first-order chi connectivity index (χ1) is 13.1. The lowest BCUT2D eigenvalue weighted by atomic mass is 10.1. The molecule has 2 aromatic carbocycles. The Morgan fingerprint density at radius 3 is 2.41 bits per heavy atom. The Kier molecular flexibility index (Phi) is 4.35. The lowest BCUT2D eigenvalue weighted by Gasteiger charge is -2.36. The summed E-state index contributed by atoms with van der Waals surface area (Å²) in [6, 6.07) is 14.2. The topological polar surface area (TPSA) is 58.4 Å². The molecule has 4 rings (SSSR count). The fourth-order valence-electron chi connectivity index (χ4n) is 3.47. The Labute approximate surface area is 155 Å². The number of hydrogen-bond acceptors (Lipinski definition) is 4. The van der Waals surface area contributed by atoms with Crippen LogP contribution in [-0.2, 0) is 7.05 Å². The molecule has 1 amide bonds. The standard InChI is InChI=1S/C20H19FN4O2/c1-23-19(26)15-8-5-9-16(21)17(15)18(22-23)20(27)25-12-10-24(11-13-25)14-6-3-2-4-7-14/h2-9H,10-13H2,1H3. The highest BCUT2D eigenvalue weighted by Gasteiger charge is 2.26. The van der Waals surface area contributed by atoms with E-state index in [2.05, 4.69) is 10.00 Å². The van der Waals surface area contributed by atoms with Crippen molar-refractivity contribution in [3.05, 3.63) is 70.4 Å². The van der Waals surface area contributed by atoms with Crippen LogP contribution in [-0.4, -0.2) is 46.8 Å². The van der Waals surface area contributed by atoms with Gasteiger partial charge in [0, 0.05) is 38.9 Å². The van der Waals surface area contributed by atoms with Gasteiger partial charge in [-0.25, -0.2) is 9.07 Å². The zero-order valence-electron chi connectivity index (χ0n) is 14.9. The number of carbonyl (C=O) groups excluding carboxylic acids is 1. The minimum Gasteiger partial charge on any atom is -0.368 e. The van der Waals surface area contributed by atoms with Gasteiger partial charge in [-0.3, -0.25) is 9.59 Å². The zero-order valence-corrected chi connectivity index (χ0v) is 14.9. The van der Waals surface area contributed by atoms with Gasteiger partial charge in [-0.05, 0) is 24.3 Å². The van der Waals surface area contributed by atoms with E-state index in [1.165, 1.54) is 25.2 Å². The molecule has 7 heteroatoms. The van der Waals surface area contributed by atoms with Crippen molar-refractivity contribution in [3.63, 3.8) is 0 Å². The number of halogens is 1. The number of benzene rings is 2. The third-order valence-electron chi connectivity index (χ3n) is 4.92. The number of hydrogen-bond donors (Lipinski definition) is 0. The average Bonchev–Trinajstić information content (AvgIpc) is 2.71. The minimum absolute atomic E-state index is 0.00362. The van der Waals surface area contributed by atoms with E-state index in [1.807, 2.05) is 30.3 Å². The Hall–Kier alpha value is -3.22. The van der Waals surface area contributed by atoms with E-state index in [4.69, 9.17) is 0 Å². The number of aryl methyl sites for hydroxylation is 1. The van der Waals surface area contributed by atoms with Crippen molar-refractivity contribution < 1.29 is 9.18 Å². The molecule has 0 spiro atoms. The predicted octanol–water partition coefficient (Wildman–Crippen LogP) is 2.03. The second-order valence-electron chi connectivity index (χ2n) is 6.55. The first-order valence-electron chi connectivity index (χ1n) is 8.81. The second kappa shape index (κ2) is 6.83. The molecule has 2 heterocycles. The molecule has 0 saturated carbocycles. The summed E-state index contributed by atoms with van der Waals surface area (Å²) >= 11 is 0. The second-order valence-corrected chi connectivity index (χ2v) is 6.55. The van der Waals surface area contributed by atoms with Crippen molar-refractivity contribution in [2.24, 2.45) is 7.05 Å². The highest BCUT2D eigenvalue weighted by Crippen LogP contribution is 2.21. The largest absolute Gasteiger partial charge is 0.368 e. The molecule has 138 valence electrons. The van der Waals surface area contributed by atoms with Gasteiger partial charge in [-0.1, -0.05) is 24.3 Å². The number of aromatic nitrogens is 2. The first-order valence-corrected chi connectivity index (χ1v) is 8.81. The fourth-order valence-corrected chi connectivity index (χ4v) is 3.47. The van der Waals surface area contributed by atoms with Crippen LogP contribution >= 0.6 is 0 Å². The van der Waals surface area contributed by atoms with Crippen molar-refractivity contribution in [1.82, 2.24) is 14.7 Å². The summed E-state index contributed by atoms with van der Waals surface area (Å²) < 4.78 is 15.5. The summed E-state index contributed by atoms with van der Waals surface area (Å²) in [5, 5.41) is 4.24. The van der Waals surface area contributed by atoms with Crippen molar-refractivity contribution in [2.75, 3.05) is 31.1 Å². The molecule has 1 fully saturated rings. The van der Waals surface area contributed by atoms with Gasteiger partial charge < -0.3 is 9.80 Å². The summed E-state index contributed by atoms with van der Waals surface area (Å²) in [6.07, 6.45) is 0. The fraction of sp³-hybridized carbons (Fsp3) is 0.250. The van der Waals surface area contributed by atoms with E-state index in [1.54, 1.807) is 4.90 Å². The monoisotopic (exact) mass is 366 g/mol. The molecule has 0 N–H and O–H groups in total. The molecule has 27 heavy (non-hydrogen) atoms. The third kappa shape index (κ3) is 3.05. The van der Waals surface area contributed by atoms with E-state index in [9.17, 15) is 14.0 Å². The van der Waals surface area contributed by atoms with Gasteiger partial charge in [0.1, 0.15) is 5.82 Å². The number of anilines is 1. The average molecular weight is 366 g/mol. The van der Waals surface area contributed by atoms with Crippen LogP contribution < -0.4 is 10.5 Å². The summed E-state index contributed by atoms with van der Waals surface area (Å²) in [5.41, 5.74) is 0.676. The molecule has 0 radical (unpaired) electrons. The SMILES string of the molecule is Cn1nc(C(=O)N2CCN(c3ccccc3)CC2)c2c(F)cccc2c1=O. The van der Waals surface area contributed by atoms with Gasteiger partial charge in [-0.2, -0.15) is 5.10 Å². The number of para-hydroxylation sites is 1. The molecular weight excluding hydrogens is 347 g/mol. The van der Waals surface area contributed by atoms with Crippen LogP contribution in [0.5, 0.6) is 0 Å². The number of amides is 1. The van der Waals surface area contributed by atoms with Crippen LogP contribution in [0.15, 0.2) is 53.3 Å². The number of nitrogens with zero attached hydrogens (tertiary/aromatic N) is 4. The summed E-state index contributed by atoms with van der Waals surface area (Å²) in [6.45, 7) is 2.38. The van der Waals surface area contributed by atoms with Crippen molar-refractivity contribution in [3.8, 4) is 0 Å². The van der Waals surface area contributed by atoms with Crippen LogP contribution in [0.2, 0.25) is 0 Å². The van der Waals surface area contributed by atoms with E-state index in [-0.39, 0.29) is 22.4 Å². The minimum atomic E-state index is -0.607. The molecule has 0 atom stereocenters. The maximum absolute atomic E-state index is 14.4. The Morgan fingerprint density at radius 1 is 1.00 bits per heavy atom. The third-order valence-corrected chi connectivity index (χ3v) is 4.92. The number of carbonyl (C=O) groups is 1. The quantitative estimate of drug-likeness (QED) is 0.696. The Morgan fingerprint density at radius 2 is 1.70 bits per heavy atom. The molecule has 0 aliphatic carbocycles. The van der Waals surface area contributed by atoms with Crippen LogP contribution in [0.4, 0.5) is 10.1 Å². The highest BCUT2D eigenvalue weighted by atomic mass is 19.1. The maximum atomic E-state index is 14.4. The van der Waals surface area contributed by atoms with E-state index < -0.39 is 11.4 Å². The van der Waals surface area contributed by atoms with Gasteiger partial charge >= 0.3 is 0 Å². The molecule has 0 unspecified atom stereocenters. The molecule has 6 nitrogen and oxygen atoms in total. The molecular formula is C20H19FN4O2. The van der Waals surface area contributed by atoms with Crippen molar-refractivity contribution in [1.29, 1.82) is 0 Å². The Bertz CT molecular complexity index is 1060. The molecule has 1 aliphatic rings. The lowest BCUT2D eigenvalue weighted by molar-refractivity contribution is 0.0740. The van der Waals surface area contributed by atoms with E-state index in [0.29, 0.717) is 26.2 Å². The molecule has 1 aromatic heterocycles. The summed E-state index contributed by atoms with van der Waals surface area (Å²) in [5.74, 6) is -0.961. The highest BCUT2D eigenvalue weighted by molar-refractivity contribution is 6.05. The van der Waals surface area contributed by atoms with Crippen LogP contribution in [0, 0.1) is 5.82 Å². The molecule has 0 bridgehead atoms. The predicted molar refractivity (Wildman–Crippen MR) is 102 cm³/mol. The van der Waals surface area contributed by atoms with Gasteiger partial charge in [0.25, 0.3) is 11.5 Å². The molecule has 1 aliphatic heterocycles. The molecule has 1 saturated heterocycles. The van der Waals surface area contributed by atoms with Crippen LogP contribution in [0.25, 0.3) is 10.8 Å². The van der Waals surface area contributed by atoms with Crippen LogP contribution in [0.1, 0.15) is 10.5 Å². The summed E-state index contributed by atoms with van der Waals surface area (Å²) in [7, 11) is 1.47. The summed E-state index contributed by atoms with van der Waals surface area (Å²) in [4.78, 5) is 29.1.